The van der Waals surface area contributed by atoms with Crippen molar-refractivity contribution in [3.8, 4) is 0 Å². The number of aromatic nitrogens is 6. The lowest BCUT2D eigenvalue weighted by Crippen LogP contribution is -2.32. The zero-order chi connectivity index (χ0) is 10.5. The fourth-order valence-electron chi connectivity index (χ4n) is 1.42. The van der Waals surface area contributed by atoms with E-state index in [1.54, 1.807) is 0 Å². The van der Waals surface area contributed by atoms with Crippen LogP contribution in [0.4, 0.5) is 0 Å². The molecule has 6 nitrogen and oxygen atoms in total. The standard InChI is InChI=1S/C9H15N6/c1-2-3-4-14-5-6-15(8-14)7-9-10-12-13-11-9/h5-6,8H,2-4,7H2,1H3,(H,10,11,12,13)/q+1. The van der Waals surface area contributed by atoms with Gasteiger partial charge in [0, 0.05) is 0 Å². The first-order valence-corrected chi connectivity index (χ1v) is 5.15. The molecule has 1 N–H and O–H groups in total. The normalized spacial score (nSPS) is 10.7. The zero-order valence-corrected chi connectivity index (χ0v) is 8.80. The molecule has 0 saturated heterocycles. The summed E-state index contributed by atoms with van der Waals surface area (Å²) in [7, 11) is 0. The van der Waals surface area contributed by atoms with E-state index in [-0.39, 0.29) is 0 Å². The van der Waals surface area contributed by atoms with Gasteiger partial charge in [-0.15, -0.1) is 10.2 Å². The number of nitrogens with one attached hydrogen (secondary N) is 1. The van der Waals surface area contributed by atoms with Crippen LogP contribution in [0.1, 0.15) is 25.6 Å². The van der Waals surface area contributed by atoms with E-state index in [1.165, 1.54) is 12.8 Å². The minimum absolute atomic E-state index is 0.662. The Hall–Kier alpha value is -1.72. The Morgan fingerprint density at radius 1 is 1.53 bits per heavy atom. The molecule has 0 saturated carbocycles. The van der Waals surface area contributed by atoms with E-state index in [9.17, 15) is 0 Å². The average molecular weight is 207 g/mol. The number of imidazole rings is 1. The number of tetrazole rings is 1. The van der Waals surface area contributed by atoms with Crippen LogP contribution in [-0.4, -0.2) is 25.2 Å². The largest absolute Gasteiger partial charge is 0.244 e. The number of rotatable bonds is 5. The van der Waals surface area contributed by atoms with Gasteiger partial charge in [0.15, 0.2) is 6.54 Å². The lowest BCUT2D eigenvalue weighted by molar-refractivity contribution is -0.688. The number of H-pyrrole nitrogens is 1. The number of aromatic amines is 1. The SMILES string of the molecule is CCCCn1cc[n+](Cc2nn[nH]n2)c1. The molecule has 0 bridgehead atoms. The van der Waals surface area contributed by atoms with Gasteiger partial charge in [-0.1, -0.05) is 18.6 Å². The second-order valence-corrected chi connectivity index (χ2v) is 3.51. The van der Waals surface area contributed by atoms with Gasteiger partial charge in [-0.2, -0.15) is 5.21 Å². The van der Waals surface area contributed by atoms with Crippen molar-refractivity contribution in [3.63, 3.8) is 0 Å². The molecule has 0 aliphatic heterocycles. The Morgan fingerprint density at radius 2 is 2.47 bits per heavy atom. The Morgan fingerprint density at radius 3 is 3.20 bits per heavy atom. The molecule has 80 valence electrons. The highest BCUT2D eigenvalue weighted by atomic mass is 15.5. The van der Waals surface area contributed by atoms with Crippen molar-refractivity contribution in [1.82, 2.24) is 25.2 Å². The molecule has 0 spiro atoms. The highest BCUT2D eigenvalue weighted by Crippen LogP contribution is 1.93. The van der Waals surface area contributed by atoms with Crippen molar-refractivity contribution >= 4 is 0 Å². The Bertz CT molecular complexity index is 390. The van der Waals surface area contributed by atoms with Crippen LogP contribution in [-0.2, 0) is 13.1 Å². The van der Waals surface area contributed by atoms with E-state index >= 15 is 0 Å². The van der Waals surface area contributed by atoms with Crippen molar-refractivity contribution in [2.24, 2.45) is 0 Å². The summed E-state index contributed by atoms with van der Waals surface area (Å²) in [5.41, 5.74) is 0. The second kappa shape index (κ2) is 4.68. The average Bonchev–Trinajstić information content (AvgIpc) is 2.87. The monoisotopic (exact) mass is 207 g/mol. The van der Waals surface area contributed by atoms with Crippen LogP contribution >= 0.6 is 0 Å². The number of aryl methyl sites for hydroxylation is 1. The topological polar surface area (TPSA) is 63.3 Å². The summed E-state index contributed by atoms with van der Waals surface area (Å²) in [4.78, 5) is 0. The lowest BCUT2D eigenvalue weighted by atomic mass is 10.3. The molecule has 0 radical (unpaired) electrons. The number of hydrogen-bond acceptors (Lipinski definition) is 3. The third-order valence-corrected chi connectivity index (χ3v) is 2.23. The quantitative estimate of drug-likeness (QED) is 0.709. The van der Waals surface area contributed by atoms with Gasteiger partial charge in [0.2, 0.25) is 12.2 Å². The van der Waals surface area contributed by atoms with E-state index in [1.807, 2.05) is 10.8 Å². The van der Waals surface area contributed by atoms with Crippen LogP contribution in [0.5, 0.6) is 0 Å². The Balaban J connectivity index is 1.95. The smallest absolute Gasteiger partial charge is 0.237 e. The summed E-state index contributed by atoms with van der Waals surface area (Å²) in [6, 6.07) is 0. The fourth-order valence-corrected chi connectivity index (χ4v) is 1.42. The first-order chi connectivity index (χ1) is 7.38. The van der Waals surface area contributed by atoms with Crippen molar-refractivity contribution in [1.29, 1.82) is 0 Å². The summed E-state index contributed by atoms with van der Waals surface area (Å²) in [6.45, 7) is 3.92. The van der Waals surface area contributed by atoms with Gasteiger partial charge in [-0.05, 0) is 6.42 Å². The molecule has 0 fully saturated rings. The molecule has 2 aromatic heterocycles. The maximum Gasteiger partial charge on any atom is 0.244 e. The molecule has 2 aromatic rings. The van der Waals surface area contributed by atoms with Crippen molar-refractivity contribution in [2.45, 2.75) is 32.9 Å². The predicted molar refractivity (Wildman–Crippen MR) is 52.8 cm³/mol. The summed E-state index contributed by atoms with van der Waals surface area (Å²) in [6.07, 6.45) is 8.56. The summed E-state index contributed by atoms with van der Waals surface area (Å²) < 4.78 is 4.21. The lowest BCUT2D eigenvalue weighted by Gasteiger charge is -1.92. The minimum Gasteiger partial charge on any atom is -0.237 e. The number of nitrogens with zero attached hydrogens (tertiary/aromatic N) is 5. The van der Waals surface area contributed by atoms with E-state index in [0.29, 0.717) is 12.4 Å². The zero-order valence-electron chi connectivity index (χ0n) is 8.80. The molecule has 0 atom stereocenters. The van der Waals surface area contributed by atoms with Gasteiger partial charge < -0.3 is 0 Å². The van der Waals surface area contributed by atoms with E-state index in [4.69, 9.17) is 0 Å². The molecule has 0 unspecified atom stereocenters. The van der Waals surface area contributed by atoms with Crippen LogP contribution < -0.4 is 4.57 Å². The van der Waals surface area contributed by atoms with Gasteiger partial charge in [0.25, 0.3) is 0 Å². The molecule has 0 aromatic carbocycles. The van der Waals surface area contributed by atoms with Crippen molar-refractivity contribution in [2.75, 3.05) is 0 Å². The third kappa shape index (κ3) is 2.61. The van der Waals surface area contributed by atoms with E-state index in [2.05, 4.69) is 44.6 Å². The van der Waals surface area contributed by atoms with Crippen LogP contribution in [0, 0.1) is 0 Å². The van der Waals surface area contributed by atoms with E-state index < -0.39 is 0 Å². The van der Waals surface area contributed by atoms with Crippen LogP contribution in [0.3, 0.4) is 0 Å². The molecule has 0 amide bonds. The highest BCUT2D eigenvalue weighted by molar-refractivity contribution is 4.72. The van der Waals surface area contributed by atoms with Gasteiger partial charge in [0.1, 0.15) is 12.4 Å². The molecular weight excluding hydrogens is 192 g/mol. The van der Waals surface area contributed by atoms with Gasteiger partial charge in [-0.3, -0.25) is 0 Å². The molecule has 0 aliphatic rings. The summed E-state index contributed by atoms with van der Waals surface area (Å²) in [5.74, 6) is 0.702. The summed E-state index contributed by atoms with van der Waals surface area (Å²) in [5, 5.41) is 13.8. The Labute approximate surface area is 87.9 Å². The van der Waals surface area contributed by atoms with Gasteiger partial charge in [0.05, 0.1) is 6.54 Å². The highest BCUT2D eigenvalue weighted by Gasteiger charge is 2.06. The third-order valence-electron chi connectivity index (χ3n) is 2.23. The number of unbranched alkanes of at least 4 members (excludes halogenated alkanes) is 1. The molecule has 0 aliphatic carbocycles. The molecular formula is C9H15N6+. The van der Waals surface area contributed by atoms with Crippen molar-refractivity contribution < 1.29 is 4.57 Å². The molecule has 15 heavy (non-hydrogen) atoms. The fraction of sp³-hybridized carbons (Fsp3) is 0.556. The van der Waals surface area contributed by atoms with Gasteiger partial charge in [-0.25, -0.2) is 9.13 Å². The van der Waals surface area contributed by atoms with Crippen LogP contribution in [0.15, 0.2) is 18.7 Å². The van der Waals surface area contributed by atoms with Crippen LogP contribution in [0.25, 0.3) is 0 Å². The Kier molecular flexibility index (Phi) is 3.06. The second-order valence-electron chi connectivity index (χ2n) is 3.51. The maximum absolute atomic E-state index is 3.91. The maximum atomic E-state index is 3.91. The summed E-state index contributed by atoms with van der Waals surface area (Å²) >= 11 is 0. The van der Waals surface area contributed by atoms with Gasteiger partial charge >= 0.3 is 0 Å². The predicted octanol–water partition coefficient (Wildman–Crippen LogP) is 0.137. The molecule has 2 heterocycles. The molecule has 6 heteroatoms. The number of hydrogen-bond donors (Lipinski definition) is 1. The molecule has 2 rings (SSSR count). The van der Waals surface area contributed by atoms with E-state index in [0.717, 1.165) is 6.54 Å². The first kappa shape index (κ1) is 9.82. The first-order valence-electron chi connectivity index (χ1n) is 5.15. The minimum atomic E-state index is 0.662. The van der Waals surface area contributed by atoms with Crippen molar-refractivity contribution in [3.05, 3.63) is 24.5 Å². The van der Waals surface area contributed by atoms with Crippen LogP contribution in [0.2, 0.25) is 0 Å².